The molecule has 232 valence electrons. The average Bonchev–Trinajstić information content (AvgIpc) is 3.73. The lowest BCUT2D eigenvalue weighted by Crippen LogP contribution is -2.11. The largest absolute Gasteiger partial charge is 0.460 e. The molecular formula is C44H29N3OS. The zero-order chi connectivity index (χ0) is 32.3. The van der Waals surface area contributed by atoms with Crippen molar-refractivity contribution in [1.82, 2.24) is 9.97 Å². The molecule has 0 amide bonds. The first kappa shape index (κ1) is 28.0. The van der Waals surface area contributed by atoms with E-state index < -0.39 is 0 Å². The highest BCUT2D eigenvalue weighted by molar-refractivity contribution is 7.25. The first-order valence-electron chi connectivity index (χ1n) is 16.6. The first-order chi connectivity index (χ1) is 24.3. The number of nitrogens with zero attached hydrogens (tertiary/aromatic N) is 3. The van der Waals surface area contributed by atoms with E-state index in [0.717, 1.165) is 68.8 Å². The van der Waals surface area contributed by atoms with Crippen LogP contribution in [0.5, 0.6) is 0 Å². The summed E-state index contributed by atoms with van der Waals surface area (Å²) >= 11 is 1.85. The zero-order valence-electron chi connectivity index (χ0n) is 26.5. The molecule has 5 heteroatoms. The summed E-state index contributed by atoms with van der Waals surface area (Å²) in [6, 6.07) is 45.4. The lowest BCUT2D eigenvalue weighted by atomic mass is 10.0. The predicted molar refractivity (Wildman–Crippen MR) is 205 cm³/mol. The SMILES string of the molecule is C1=Cc2c(oc3ccc(-c4ccc(N(c5ccc(-c6ccc7sc8ccccc8c7c6)cc5)c5cccc6ncccc56)cn4)cc23)CC1. The summed E-state index contributed by atoms with van der Waals surface area (Å²) in [6.45, 7) is 0. The number of fused-ring (bicyclic) bond motifs is 7. The molecule has 0 unspecified atom stereocenters. The van der Waals surface area contributed by atoms with Gasteiger partial charge in [-0.05, 0) is 102 Å². The zero-order valence-corrected chi connectivity index (χ0v) is 27.3. The highest BCUT2D eigenvalue weighted by Crippen LogP contribution is 2.41. The average molecular weight is 648 g/mol. The van der Waals surface area contributed by atoms with Gasteiger partial charge in [-0.1, -0.05) is 54.6 Å². The summed E-state index contributed by atoms with van der Waals surface area (Å²) in [7, 11) is 0. The quantitative estimate of drug-likeness (QED) is 0.186. The van der Waals surface area contributed by atoms with Crippen LogP contribution in [0.4, 0.5) is 17.1 Å². The number of rotatable bonds is 5. The molecule has 0 N–H and O–H groups in total. The highest BCUT2D eigenvalue weighted by Gasteiger charge is 2.18. The molecule has 0 saturated heterocycles. The molecule has 49 heavy (non-hydrogen) atoms. The van der Waals surface area contributed by atoms with E-state index in [1.807, 2.05) is 29.8 Å². The number of furan rings is 1. The minimum Gasteiger partial charge on any atom is -0.460 e. The third-order valence-corrected chi connectivity index (χ3v) is 10.8. The molecule has 0 spiro atoms. The van der Waals surface area contributed by atoms with E-state index >= 15 is 0 Å². The Labute approximate surface area is 287 Å². The van der Waals surface area contributed by atoms with Crippen LogP contribution >= 0.6 is 11.3 Å². The Morgan fingerprint density at radius 3 is 2.35 bits per heavy atom. The summed E-state index contributed by atoms with van der Waals surface area (Å²) in [5.74, 6) is 1.07. The van der Waals surface area contributed by atoms with E-state index in [1.165, 1.54) is 36.9 Å². The first-order valence-corrected chi connectivity index (χ1v) is 17.4. The molecule has 10 rings (SSSR count). The minimum atomic E-state index is 0.923. The van der Waals surface area contributed by atoms with Crippen molar-refractivity contribution >= 4 is 76.5 Å². The molecular weight excluding hydrogens is 619 g/mol. The maximum atomic E-state index is 6.15. The number of thiophene rings is 1. The van der Waals surface area contributed by atoms with Gasteiger partial charge in [0.15, 0.2) is 0 Å². The van der Waals surface area contributed by atoms with E-state index in [9.17, 15) is 0 Å². The van der Waals surface area contributed by atoms with Crippen molar-refractivity contribution in [3.63, 3.8) is 0 Å². The summed E-state index contributed by atoms with van der Waals surface area (Å²) < 4.78 is 8.79. The Morgan fingerprint density at radius 2 is 1.43 bits per heavy atom. The molecule has 4 aromatic heterocycles. The van der Waals surface area contributed by atoms with Gasteiger partial charge in [0, 0.05) is 60.4 Å². The Morgan fingerprint density at radius 1 is 0.612 bits per heavy atom. The number of allylic oxidation sites excluding steroid dienone is 1. The number of aromatic nitrogens is 2. The Hall–Kier alpha value is -6.04. The number of hydrogen-bond donors (Lipinski definition) is 0. The van der Waals surface area contributed by atoms with Crippen LogP contribution in [0.1, 0.15) is 17.7 Å². The molecule has 4 nitrogen and oxygen atoms in total. The van der Waals surface area contributed by atoms with Gasteiger partial charge in [0.1, 0.15) is 11.3 Å². The predicted octanol–water partition coefficient (Wildman–Crippen LogP) is 12.5. The molecule has 9 aromatic rings. The molecule has 0 bridgehead atoms. The monoisotopic (exact) mass is 647 g/mol. The van der Waals surface area contributed by atoms with Crippen LogP contribution < -0.4 is 4.90 Å². The summed E-state index contributed by atoms with van der Waals surface area (Å²) in [5.41, 5.74) is 10.5. The normalized spacial score (nSPS) is 12.7. The van der Waals surface area contributed by atoms with Crippen LogP contribution in [0.25, 0.3) is 70.5 Å². The Bertz CT molecular complexity index is 2710. The number of pyridine rings is 2. The number of anilines is 3. The van der Waals surface area contributed by atoms with Crippen molar-refractivity contribution in [3.8, 4) is 22.4 Å². The van der Waals surface area contributed by atoms with Crippen molar-refractivity contribution in [2.24, 2.45) is 0 Å². The van der Waals surface area contributed by atoms with E-state index in [1.54, 1.807) is 0 Å². The van der Waals surface area contributed by atoms with Crippen LogP contribution in [0, 0.1) is 0 Å². The van der Waals surface area contributed by atoms with E-state index in [2.05, 4.69) is 143 Å². The van der Waals surface area contributed by atoms with Crippen molar-refractivity contribution in [2.75, 3.05) is 4.90 Å². The van der Waals surface area contributed by atoms with Crippen LogP contribution in [-0.4, -0.2) is 9.97 Å². The summed E-state index contributed by atoms with van der Waals surface area (Å²) in [4.78, 5) is 11.9. The summed E-state index contributed by atoms with van der Waals surface area (Å²) in [6.07, 6.45) is 10.2. The van der Waals surface area contributed by atoms with Gasteiger partial charge in [0.25, 0.3) is 0 Å². The van der Waals surface area contributed by atoms with Gasteiger partial charge < -0.3 is 9.32 Å². The van der Waals surface area contributed by atoms with Gasteiger partial charge in [-0.15, -0.1) is 11.3 Å². The molecule has 0 atom stereocenters. The molecule has 0 aliphatic heterocycles. The topological polar surface area (TPSA) is 42.2 Å². The van der Waals surface area contributed by atoms with E-state index in [4.69, 9.17) is 9.40 Å². The van der Waals surface area contributed by atoms with Gasteiger partial charge in [-0.3, -0.25) is 9.97 Å². The maximum Gasteiger partial charge on any atom is 0.134 e. The fourth-order valence-electron chi connectivity index (χ4n) is 7.22. The lowest BCUT2D eigenvalue weighted by molar-refractivity contribution is 0.546. The Kier molecular flexibility index (Phi) is 6.46. The highest BCUT2D eigenvalue weighted by atomic mass is 32.1. The number of benzene rings is 5. The van der Waals surface area contributed by atoms with Gasteiger partial charge in [0.2, 0.25) is 0 Å². The van der Waals surface area contributed by atoms with Crippen molar-refractivity contribution in [3.05, 3.63) is 157 Å². The van der Waals surface area contributed by atoms with Crippen LogP contribution in [0.3, 0.4) is 0 Å². The van der Waals surface area contributed by atoms with Crippen LogP contribution in [0.15, 0.2) is 150 Å². The van der Waals surface area contributed by atoms with Gasteiger partial charge in [-0.25, -0.2) is 0 Å². The van der Waals surface area contributed by atoms with Gasteiger partial charge in [0.05, 0.1) is 28.8 Å². The fourth-order valence-corrected chi connectivity index (χ4v) is 8.30. The molecule has 4 heterocycles. The van der Waals surface area contributed by atoms with Crippen molar-refractivity contribution < 1.29 is 4.42 Å². The van der Waals surface area contributed by atoms with E-state index in [-0.39, 0.29) is 0 Å². The molecule has 5 aromatic carbocycles. The van der Waals surface area contributed by atoms with Gasteiger partial charge >= 0.3 is 0 Å². The second-order valence-corrected chi connectivity index (χ2v) is 13.6. The third-order valence-electron chi connectivity index (χ3n) is 9.63. The third kappa shape index (κ3) is 4.73. The standard InChI is InChI=1S/C44H29N3OS/c1-3-12-41-33(7-1)36-26-30(16-22-42(36)48-41)38-21-20-32(27-46-38)47(40-11-5-10-39-35(40)9-6-24-45-39)31-18-14-28(15-19-31)29-17-23-44-37(25-29)34-8-2-4-13-43(34)49-44/h1-2,4-11,13-27H,3,12H2. The van der Waals surface area contributed by atoms with Crippen LogP contribution in [0.2, 0.25) is 0 Å². The molecule has 0 saturated carbocycles. The number of hydrogen-bond acceptors (Lipinski definition) is 5. The number of aryl methyl sites for hydroxylation is 1. The molecule has 1 aliphatic carbocycles. The van der Waals surface area contributed by atoms with Gasteiger partial charge in [-0.2, -0.15) is 0 Å². The maximum absolute atomic E-state index is 6.15. The van der Waals surface area contributed by atoms with E-state index in [0.29, 0.717) is 0 Å². The minimum absolute atomic E-state index is 0.923. The smallest absolute Gasteiger partial charge is 0.134 e. The Balaban J connectivity index is 1.05. The van der Waals surface area contributed by atoms with Crippen molar-refractivity contribution in [1.29, 1.82) is 0 Å². The second-order valence-electron chi connectivity index (χ2n) is 12.5. The fraction of sp³-hybridized carbons (Fsp3) is 0.0455. The molecule has 1 aliphatic rings. The van der Waals surface area contributed by atoms with Crippen LogP contribution in [-0.2, 0) is 6.42 Å². The lowest BCUT2D eigenvalue weighted by Gasteiger charge is -2.26. The second kappa shape index (κ2) is 11.3. The summed E-state index contributed by atoms with van der Waals surface area (Å²) in [5, 5.41) is 4.84. The van der Waals surface area contributed by atoms with Crippen molar-refractivity contribution in [2.45, 2.75) is 12.8 Å². The molecule has 0 fully saturated rings. The molecule has 0 radical (unpaired) electrons.